The average molecular weight is 206 g/mol. The van der Waals surface area contributed by atoms with Gasteiger partial charge in [-0.25, -0.2) is 9.97 Å². The summed E-state index contributed by atoms with van der Waals surface area (Å²) in [5.74, 6) is 0.833. The quantitative estimate of drug-likeness (QED) is 0.698. The zero-order chi connectivity index (χ0) is 11.6. The number of hydrogen-bond donors (Lipinski definition) is 0. The Hall–Kier alpha value is -1.25. The van der Waals surface area contributed by atoms with Gasteiger partial charge in [-0.15, -0.1) is 0 Å². The Morgan fingerprint density at radius 2 is 2.00 bits per heavy atom. The number of hydrogen-bond acceptors (Lipinski definition) is 3. The van der Waals surface area contributed by atoms with E-state index in [9.17, 15) is 4.79 Å². The van der Waals surface area contributed by atoms with Crippen LogP contribution in [0, 0.1) is 12.3 Å². The van der Waals surface area contributed by atoms with Crippen LogP contribution in [0.3, 0.4) is 0 Å². The summed E-state index contributed by atoms with van der Waals surface area (Å²) < 4.78 is 0. The first-order valence-electron chi connectivity index (χ1n) is 5.13. The van der Waals surface area contributed by atoms with E-state index in [1.165, 1.54) is 6.92 Å². The van der Waals surface area contributed by atoms with Crippen molar-refractivity contribution < 1.29 is 4.79 Å². The van der Waals surface area contributed by atoms with Crippen molar-refractivity contribution in [3.8, 4) is 0 Å². The van der Waals surface area contributed by atoms with Gasteiger partial charge in [0.1, 0.15) is 5.82 Å². The van der Waals surface area contributed by atoms with Gasteiger partial charge in [0.25, 0.3) is 0 Å². The van der Waals surface area contributed by atoms with E-state index in [1.54, 1.807) is 6.20 Å². The van der Waals surface area contributed by atoms with Crippen LogP contribution in [-0.2, 0) is 6.42 Å². The lowest BCUT2D eigenvalue weighted by atomic mass is 9.92. The Balaban J connectivity index is 2.97. The molecule has 0 amide bonds. The second-order valence-electron chi connectivity index (χ2n) is 5.08. The zero-order valence-corrected chi connectivity index (χ0v) is 10.1. The number of carbonyl (C=O) groups is 1. The van der Waals surface area contributed by atoms with E-state index < -0.39 is 0 Å². The number of ketones is 1. The Labute approximate surface area is 91.0 Å². The van der Waals surface area contributed by atoms with Gasteiger partial charge in [-0.2, -0.15) is 0 Å². The van der Waals surface area contributed by atoms with Crippen LogP contribution in [0.25, 0.3) is 0 Å². The molecule has 0 spiro atoms. The number of Topliss-reactive ketones (excluding diaryl/α,β-unsaturated/α-hetero) is 1. The molecule has 0 atom stereocenters. The third kappa shape index (κ3) is 3.42. The molecule has 0 fully saturated rings. The molecule has 0 radical (unpaired) electrons. The molecule has 1 heterocycles. The molecule has 0 saturated heterocycles. The molecule has 0 N–H and O–H groups in total. The molecule has 1 aromatic heterocycles. The molecule has 0 saturated carbocycles. The SMILES string of the molecule is CC(=O)c1cnc(CC(C)(C)C)nc1C. The first-order valence-corrected chi connectivity index (χ1v) is 5.13. The van der Waals surface area contributed by atoms with Crippen LogP contribution in [0.1, 0.15) is 49.6 Å². The highest BCUT2D eigenvalue weighted by atomic mass is 16.1. The molecule has 0 aliphatic rings. The zero-order valence-electron chi connectivity index (χ0n) is 10.1. The molecule has 15 heavy (non-hydrogen) atoms. The molecule has 0 aliphatic carbocycles. The Kier molecular flexibility index (Phi) is 3.22. The van der Waals surface area contributed by atoms with Gasteiger partial charge in [-0.1, -0.05) is 20.8 Å². The molecular weight excluding hydrogens is 188 g/mol. The van der Waals surface area contributed by atoms with E-state index in [2.05, 4.69) is 30.7 Å². The predicted octanol–water partition coefficient (Wildman–Crippen LogP) is 2.58. The Bertz CT molecular complexity index is 378. The lowest BCUT2D eigenvalue weighted by molar-refractivity contribution is 0.101. The molecule has 0 aromatic carbocycles. The van der Waals surface area contributed by atoms with Crippen LogP contribution in [0.5, 0.6) is 0 Å². The maximum Gasteiger partial charge on any atom is 0.163 e. The van der Waals surface area contributed by atoms with Crippen molar-refractivity contribution in [1.29, 1.82) is 0 Å². The van der Waals surface area contributed by atoms with Crippen LogP contribution in [0.15, 0.2) is 6.20 Å². The van der Waals surface area contributed by atoms with Gasteiger partial charge in [0.2, 0.25) is 0 Å². The van der Waals surface area contributed by atoms with Gasteiger partial charge in [-0.05, 0) is 19.3 Å². The third-order valence-corrected chi connectivity index (χ3v) is 2.10. The first kappa shape index (κ1) is 11.8. The topological polar surface area (TPSA) is 42.9 Å². The summed E-state index contributed by atoms with van der Waals surface area (Å²) in [5.41, 5.74) is 1.56. The minimum Gasteiger partial charge on any atom is -0.294 e. The number of aromatic nitrogens is 2. The summed E-state index contributed by atoms with van der Waals surface area (Å²) in [6, 6.07) is 0. The van der Waals surface area contributed by atoms with Crippen LogP contribution < -0.4 is 0 Å². The lowest BCUT2D eigenvalue weighted by Crippen LogP contribution is -2.13. The van der Waals surface area contributed by atoms with Crippen molar-refractivity contribution in [3.05, 3.63) is 23.3 Å². The van der Waals surface area contributed by atoms with E-state index in [4.69, 9.17) is 0 Å². The summed E-state index contributed by atoms with van der Waals surface area (Å²) in [7, 11) is 0. The Morgan fingerprint density at radius 3 is 2.40 bits per heavy atom. The Morgan fingerprint density at radius 1 is 1.40 bits per heavy atom. The van der Waals surface area contributed by atoms with Crippen LogP contribution in [-0.4, -0.2) is 15.8 Å². The molecule has 1 rings (SSSR count). The molecule has 0 aliphatic heterocycles. The molecule has 0 bridgehead atoms. The van der Waals surface area contributed by atoms with Gasteiger partial charge in [-0.3, -0.25) is 4.79 Å². The van der Waals surface area contributed by atoms with Gasteiger partial charge < -0.3 is 0 Å². The van der Waals surface area contributed by atoms with E-state index in [0.717, 1.165) is 17.9 Å². The maximum atomic E-state index is 11.2. The summed E-state index contributed by atoms with van der Waals surface area (Å²) in [5, 5.41) is 0. The molecule has 82 valence electrons. The van der Waals surface area contributed by atoms with Crippen molar-refractivity contribution in [2.45, 2.75) is 41.0 Å². The number of nitrogens with zero attached hydrogens (tertiary/aromatic N) is 2. The highest BCUT2D eigenvalue weighted by molar-refractivity contribution is 5.94. The summed E-state index contributed by atoms with van der Waals surface area (Å²) in [6.45, 7) is 9.82. The maximum absolute atomic E-state index is 11.2. The largest absolute Gasteiger partial charge is 0.294 e. The highest BCUT2D eigenvalue weighted by Crippen LogP contribution is 2.18. The predicted molar refractivity (Wildman–Crippen MR) is 59.9 cm³/mol. The van der Waals surface area contributed by atoms with Crippen molar-refractivity contribution >= 4 is 5.78 Å². The summed E-state index contributed by atoms with van der Waals surface area (Å²) >= 11 is 0. The first-order chi connectivity index (χ1) is 6.79. The number of carbonyl (C=O) groups excluding carboxylic acids is 1. The molecule has 0 unspecified atom stereocenters. The lowest BCUT2D eigenvalue weighted by Gasteiger charge is -2.17. The van der Waals surface area contributed by atoms with Crippen molar-refractivity contribution in [1.82, 2.24) is 9.97 Å². The van der Waals surface area contributed by atoms with Gasteiger partial charge in [0.05, 0.1) is 11.3 Å². The van der Waals surface area contributed by atoms with E-state index in [0.29, 0.717) is 5.56 Å². The van der Waals surface area contributed by atoms with Gasteiger partial charge in [0, 0.05) is 12.6 Å². The monoisotopic (exact) mass is 206 g/mol. The second-order valence-corrected chi connectivity index (χ2v) is 5.08. The number of aryl methyl sites for hydroxylation is 1. The van der Waals surface area contributed by atoms with Crippen LogP contribution in [0.4, 0.5) is 0 Å². The van der Waals surface area contributed by atoms with Crippen molar-refractivity contribution in [2.24, 2.45) is 5.41 Å². The van der Waals surface area contributed by atoms with Crippen molar-refractivity contribution in [3.63, 3.8) is 0 Å². The third-order valence-electron chi connectivity index (χ3n) is 2.10. The standard InChI is InChI=1S/C12H18N2O/c1-8-10(9(2)15)7-13-11(14-8)6-12(3,4)5/h7H,6H2,1-5H3. The van der Waals surface area contributed by atoms with Crippen LogP contribution in [0.2, 0.25) is 0 Å². The summed E-state index contributed by atoms with van der Waals surface area (Å²) in [4.78, 5) is 19.7. The second kappa shape index (κ2) is 4.09. The van der Waals surface area contributed by atoms with E-state index >= 15 is 0 Å². The van der Waals surface area contributed by atoms with E-state index in [1.807, 2.05) is 6.92 Å². The molecular formula is C12H18N2O. The normalized spacial score (nSPS) is 11.5. The molecule has 3 nitrogen and oxygen atoms in total. The summed E-state index contributed by atoms with van der Waals surface area (Å²) in [6.07, 6.45) is 2.46. The minimum atomic E-state index is 0.0230. The number of rotatable bonds is 2. The molecule has 3 heteroatoms. The fraction of sp³-hybridized carbons (Fsp3) is 0.583. The smallest absolute Gasteiger partial charge is 0.163 e. The average Bonchev–Trinajstić information content (AvgIpc) is 1.99. The van der Waals surface area contributed by atoms with Crippen molar-refractivity contribution in [2.75, 3.05) is 0 Å². The fourth-order valence-corrected chi connectivity index (χ4v) is 1.42. The minimum absolute atomic E-state index is 0.0230. The van der Waals surface area contributed by atoms with Gasteiger partial charge >= 0.3 is 0 Å². The highest BCUT2D eigenvalue weighted by Gasteiger charge is 2.14. The fourth-order valence-electron chi connectivity index (χ4n) is 1.42. The van der Waals surface area contributed by atoms with E-state index in [-0.39, 0.29) is 11.2 Å². The molecule has 1 aromatic rings. The van der Waals surface area contributed by atoms with Gasteiger partial charge in [0.15, 0.2) is 5.78 Å². The van der Waals surface area contributed by atoms with Crippen LogP contribution >= 0.6 is 0 Å².